The predicted molar refractivity (Wildman–Crippen MR) is 56.3 cm³/mol. The summed E-state index contributed by atoms with van der Waals surface area (Å²) in [4.78, 5) is 3.94. The SMILES string of the molecule is FC(F)Oc1ccccc1-c1cccnc1. The van der Waals surface area contributed by atoms with Gasteiger partial charge in [0, 0.05) is 23.5 Å². The number of rotatable bonds is 3. The van der Waals surface area contributed by atoms with Crippen LogP contribution in [0, 0.1) is 0 Å². The smallest absolute Gasteiger partial charge is 0.387 e. The molecule has 4 heteroatoms. The van der Waals surface area contributed by atoms with Gasteiger partial charge in [0.05, 0.1) is 0 Å². The van der Waals surface area contributed by atoms with Gasteiger partial charge in [-0.3, -0.25) is 4.98 Å². The zero-order valence-corrected chi connectivity index (χ0v) is 8.31. The summed E-state index contributed by atoms with van der Waals surface area (Å²) in [5, 5.41) is 0. The van der Waals surface area contributed by atoms with Crippen LogP contribution in [-0.4, -0.2) is 11.6 Å². The van der Waals surface area contributed by atoms with Crippen LogP contribution in [0.2, 0.25) is 0 Å². The second-order valence-electron chi connectivity index (χ2n) is 3.12. The molecule has 0 saturated heterocycles. The average Bonchev–Trinajstić information content (AvgIpc) is 2.30. The fourth-order valence-corrected chi connectivity index (χ4v) is 1.43. The molecule has 82 valence electrons. The van der Waals surface area contributed by atoms with E-state index in [1.54, 1.807) is 42.7 Å². The lowest BCUT2D eigenvalue weighted by molar-refractivity contribution is -0.0494. The number of halogens is 2. The molecule has 0 atom stereocenters. The summed E-state index contributed by atoms with van der Waals surface area (Å²) in [5.41, 5.74) is 1.36. The molecule has 2 nitrogen and oxygen atoms in total. The Morgan fingerprint density at radius 1 is 1.06 bits per heavy atom. The number of para-hydroxylation sites is 1. The average molecular weight is 221 g/mol. The van der Waals surface area contributed by atoms with E-state index in [2.05, 4.69) is 9.72 Å². The minimum atomic E-state index is -2.82. The van der Waals surface area contributed by atoms with E-state index in [0.29, 0.717) is 5.56 Å². The predicted octanol–water partition coefficient (Wildman–Crippen LogP) is 3.35. The van der Waals surface area contributed by atoms with Gasteiger partial charge in [-0.25, -0.2) is 0 Å². The van der Waals surface area contributed by atoms with E-state index < -0.39 is 6.61 Å². The number of ether oxygens (including phenoxy) is 1. The molecule has 1 aromatic heterocycles. The van der Waals surface area contributed by atoms with Gasteiger partial charge in [0.2, 0.25) is 0 Å². The maximum Gasteiger partial charge on any atom is 0.387 e. The van der Waals surface area contributed by atoms with Gasteiger partial charge in [0.25, 0.3) is 0 Å². The van der Waals surface area contributed by atoms with E-state index in [9.17, 15) is 8.78 Å². The molecule has 0 fully saturated rings. The maximum absolute atomic E-state index is 12.2. The van der Waals surface area contributed by atoms with Crippen molar-refractivity contribution in [2.24, 2.45) is 0 Å². The Kier molecular flexibility index (Phi) is 3.10. The second-order valence-corrected chi connectivity index (χ2v) is 3.12. The van der Waals surface area contributed by atoms with Gasteiger partial charge >= 0.3 is 6.61 Å². The maximum atomic E-state index is 12.2. The quantitative estimate of drug-likeness (QED) is 0.792. The molecule has 0 spiro atoms. The summed E-state index contributed by atoms with van der Waals surface area (Å²) in [7, 11) is 0. The van der Waals surface area contributed by atoms with Crippen molar-refractivity contribution >= 4 is 0 Å². The molecule has 1 aromatic carbocycles. The summed E-state index contributed by atoms with van der Waals surface area (Å²) in [5.74, 6) is 0.158. The molecular formula is C12H9F2NO. The fraction of sp³-hybridized carbons (Fsp3) is 0.0833. The van der Waals surface area contributed by atoms with Crippen LogP contribution in [0.15, 0.2) is 48.8 Å². The molecule has 0 saturated carbocycles. The van der Waals surface area contributed by atoms with Gasteiger partial charge in [0.15, 0.2) is 0 Å². The number of aromatic nitrogens is 1. The second kappa shape index (κ2) is 4.70. The normalized spacial score (nSPS) is 10.4. The summed E-state index contributed by atoms with van der Waals surface area (Å²) in [6.45, 7) is -2.82. The van der Waals surface area contributed by atoms with Crippen molar-refractivity contribution < 1.29 is 13.5 Å². The molecule has 0 aliphatic carbocycles. The first-order valence-corrected chi connectivity index (χ1v) is 4.71. The van der Waals surface area contributed by atoms with E-state index in [4.69, 9.17) is 0 Å². The molecule has 0 aliphatic rings. The van der Waals surface area contributed by atoms with E-state index in [1.165, 1.54) is 6.07 Å². The van der Waals surface area contributed by atoms with Gasteiger partial charge in [-0.05, 0) is 12.1 Å². The Labute approximate surface area is 91.5 Å². The lowest BCUT2D eigenvalue weighted by Crippen LogP contribution is -2.02. The van der Waals surface area contributed by atoms with Gasteiger partial charge in [-0.2, -0.15) is 8.78 Å². The van der Waals surface area contributed by atoms with Crippen molar-refractivity contribution in [1.29, 1.82) is 0 Å². The van der Waals surface area contributed by atoms with Crippen LogP contribution in [-0.2, 0) is 0 Å². The molecule has 0 unspecified atom stereocenters. The minimum Gasteiger partial charge on any atom is -0.434 e. The molecule has 1 heterocycles. The molecule has 2 aromatic rings. The van der Waals surface area contributed by atoms with Crippen molar-refractivity contribution in [2.45, 2.75) is 6.61 Å². The molecule has 0 aliphatic heterocycles. The van der Waals surface area contributed by atoms with E-state index >= 15 is 0 Å². The summed E-state index contributed by atoms with van der Waals surface area (Å²) in [6, 6.07) is 10.2. The third-order valence-corrected chi connectivity index (χ3v) is 2.08. The largest absolute Gasteiger partial charge is 0.434 e. The lowest BCUT2D eigenvalue weighted by Gasteiger charge is -2.09. The van der Waals surface area contributed by atoms with E-state index in [-0.39, 0.29) is 5.75 Å². The summed E-state index contributed by atoms with van der Waals surface area (Å²) >= 11 is 0. The monoisotopic (exact) mass is 221 g/mol. The molecule has 0 N–H and O–H groups in total. The van der Waals surface area contributed by atoms with Gasteiger partial charge in [-0.15, -0.1) is 0 Å². The summed E-state index contributed by atoms with van der Waals surface area (Å²) in [6.07, 6.45) is 3.23. The first-order valence-electron chi connectivity index (χ1n) is 4.71. The van der Waals surface area contributed by atoms with Crippen LogP contribution in [0.3, 0.4) is 0 Å². The topological polar surface area (TPSA) is 22.1 Å². The zero-order valence-electron chi connectivity index (χ0n) is 8.31. The number of pyridine rings is 1. The van der Waals surface area contributed by atoms with Gasteiger partial charge in [-0.1, -0.05) is 24.3 Å². The number of nitrogens with zero attached hydrogens (tertiary/aromatic N) is 1. The molecule has 0 radical (unpaired) electrons. The molecular weight excluding hydrogens is 212 g/mol. The highest BCUT2D eigenvalue weighted by atomic mass is 19.3. The van der Waals surface area contributed by atoms with Crippen molar-refractivity contribution in [3.05, 3.63) is 48.8 Å². The van der Waals surface area contributed by atoms with E-state index in [1.807, 2.05) is 0 Å². The Morgan fingerprint density at radius 2 is 1.88 bits per heavy atom. The number of alkyl halides is 2. The molecule has 0 amide bonds. The first-order chi connectivity index (χ1) is 7.77. The van der Waals surface area contributed by atoms with Crippen molar-refractivity contribution in [3.8, 4) is 16.9 Å². The molecule has 16 heavy (non-hydrogen) atoms. The molecule has 2 rings (SSSR count). The summed E-state index contributed by atoms with van der Waals surface area (Å²) < 4.78 is 28.8. The highest BCUT2D eigenvalue weighted by Gasteiger charge is 2.10. The third-order valence-electron chi connectivity index (χ3n) is 2.08. The Hall–Kier alpha value is -1.97. The zero-order chi connectivity index (χ0) is 11.4. The van der Waals surface area contributed by atoms with Gasteiger partial charge < -0.3 is 4.74 Å². The molecule has 0 bridgehead atoms. The number of hydrogen-bond donors (Lipinski definition) is 0. The number of hydrogen-bond acceptors (Lipinski definition) is 2. The highest BCUT2D eigenvalue weighted by Crippen LogP contribution is 2.29. The Balaban J connectivity index is 2.41. The van der Waals surface area contributed by atoms with Crippen LogP contribution < -0.4 is 4.74 Å². The van der Waals surface area contributed by atoms with Crippen LogP contribution in [0.4, 0.5) is 8.78 Å². The Morgan fingerprint density at radius 3 is 2.56 bits per heavy atom. The van der Waals surface area contributed by atoms with Crippen molar-refractivity contribution in [2.75, 3.05) is 0 Å². The Bertz CT molecular complexity index is 460. The van der Waals surface area contributed by atoms with Crippen LogP contribution in [0.25, 0.3) is 11.1 Å². The number of benzene rings is 1. The van der Waals surface area contributed by atoms with Crippen molar-refractivity contribution in [3.63, 3.8) is 0 Å². The highest BCUT2D eigenvalue weighted by molar-refractivity contribution is 5.69. The van der Waals surface area contributed by atoms with E-state index in [0.717, 1.165) is 5.56 Å². The third kappa shape index (κ3) is 2.34. The van der Waals surface area contributed by atoms with Crippen LogP contribution >= 0.6 is 0 Å². The fourth-order valence-electron chi connectivity index (χ4n) is 1.43. The van der Waals surface area contributed by atoms with Crippen LogP contribution in [0.5, 0.6) is 5.75 Å². The minimum absolute atomic E-state index is 0.158. The lowest BCUT2D eigenvalue weighted by atomic mass is 10.1. The first kappa shape index (κ1) is 10.5. The van der Waals surface area contributed by atoms with Gasteiger partial charge in [0.1, 0.15) is 5.75 Å². The standard InChI is InChI=1S/C12H9F2NO/c13-12(14)16-11-6-2-1-5-10(11)9-4-3-7-15-8-9/h1-8,12H. The van der Waals surface area contributed by atoms with Crippen LogP contribution in [0.1, 0.15) is 0 Å². The van der Waals surface area contributed by atoms with Crippen molar-refractivity contribution in [1.82, 2.24) is 4.98 Å².